The Balaban J connectivity index is 1.91. The SMILES string of the molecule is CNC(COc1ccc(F)cc1F)C1CCCCC1. The molecular weight excluding hydrogens is 248 g/mol. The standard InChI is InChI=1S/C15H21F2NO/c1-18-14(11-5-3-2-4-6-11)10-19-15-8-7-12(16)9-13(15)17/h7-9,11,14,18H,2-6,10H2,1H3. The number of hydrogen-bond donors (Lipinski definition) is 1. The van der Waals surface area contributed by atoms with Crippen molar-refractivity contribution < 1.29 is 13.5 Å². The van der Waals surface area contributed by atoms with E-state index in [0.717, 1.165) is 6.07 Å². The normalized spacial score (nSPS) is 18.3. The molecule has 0 radical (unpaired) electrons. The average molecular weight is 269 g/mol. The Morgan fingerprint density at radius 2 is 2.00 bits per heavy atom. The highest BCUT2D eigenvalue weighted by molar-refractivity contribution is 5.24. The van der Waals surface area contributed by atoms with Gasteiger partial charge in [-0.2, -0.15) is 0 Å². The molecule has 0 saturated heterocycles. The van der Waals surface area contributed by atoms with Crippen LogP contribution in [0.3, 0.4) is 0 Å². The summed E-state index contributed by atoms with van der Waals surface area (Å²) >= 11 is 0. The topological polar surface area (TPSA) is 21.3 Å². The fourth-order valence-electron chi connectivity index (χ4n) is 2.76. The van der Waals surface area contributed by atoms with E-state index >= 15 is 0 Å². The van der Waals surface area contributed by atoms with Crippen molar-refractivity contribution in [1.29, 1.82) is 0 Å². The summed E-state index contributed by atoms with van der Waals surface area (Å²) < 4.78 is 31.8. The molecule has 19 heavy (non-hydrogen) atoms. The van der Waals surface area contributed by atoms with Gasteiger partial charge in [-0.15, -0.1) is 0 Å². The van der Waals surface area contributed by atoms with E-state index in [0.29, 0.717) is 12.5 Å². The summed E-state index contributed by atoms with van der Waals surface area (Å²) in [6, 6.07) is 3.64. The van der Waals surface area contributed by atoms with E-state index in [1.807, 2.05) is 7.05 Å². The van der Waals surface area contributed by atoms with E-state index in [-0.39, 0.29) is 11.8 Å². The second-order valence-electron chi connectivity index (χ2n) is 5.18. The van der Waals surface area contributed by atoms with Crippen molar-refractivity contribution in [3.8, 4) is 5.75 Å². The summed E-state index contributed by atoms with van der Waals surface area (Å²) in [5.74, 6) is -0.513. The zero-order valence-corrected chi connectivity index (χ0v) is 11.3. The van der Waals surface area contributed by atoms with Crippen LogP contribution in [0.1, 0.15) is 32.1 Å². The number of nitrogens with one attached hydrogen (secondary N) is 1. The van der Waals surface area contributed by atoms with Crippen LogP contribution in [0.25, 0.3) is 0 Å². The largest absolute Gasteiger partial charge is 0.489 e. The van der Waals surface area contributed by atoms with Gasteiger partial charge in [0.15, 0.2) is 11.6 Å². The zero-order valence-electron chi connectivity index (χ0n) is 11.3. The van der Waals surface area contributed by atoms with Crippen LogP contribution in [0.5, 0.6) is 5.75 Å². The van der Waals surface area contributed by atoms with Crippen molar-refractivity contribution >= 4 is 0 Å². The molecule has 0 heterocycles. The fourth-order valence-corrected chi connectivity index (χ4v) is 2.76. The third-order valence-corrected chi connectivity index (χ3v) is 3.90. The van der Waals surface area contributed by atoms with E-state index in [2.05, 4.69) is 5.32 Å². The highest BCUT2D eigenvalue weighted by Crippen LogP contribution is 2.27. The summed E-state index contributed by atoms with van der Waals surface area (Å²) in [5.41, 5.74) is 0. The predicted molar refractivity (Wildman–Crippen MR) is 71.3 cm³/mol. The van der Waals surface area contributed by atoms with E-state index in [9.17, 15) is 8.78 Å². The Labute approximate surface area is 113 Å². The molecule has 0 amide bonds. The minimum Gasteiger partial charge on any atom is -0.489 e. The van der Waals surface area contributed by atoms with Gasteiger partial charge in [0.1, 0.15) is 12.4 Å². The van der Waals surface area contributed by atoms with Crippen molar-refractivity contribution in [2.45, 2.75) is 38.1 Å². The summed E-state index contributed by atoms with van der Waals surface area (Å²) in [5, 5.41) is 3.25. The molecule has 0 spiro atoms. The Morgan fingerprint density at radius 1 is 1.26 bits per heavy atom. The van der Waals surface area contributed by atoms with Crippen LogP contribution in [0.4, 0.5) is 8.78 Å². The third-order valence-electron chi connectivity index (χ3n) is 3.90. The molecular formula is C15H21F2NO. The first-order chi connectivity index (χ1) is 9.20. The van der Waals surface area contributed by atoms with Crippen LogP contribution in [0, 0.1) is 17.6 Å². The van der Waals surface area contributed by atoms with Gasteiger partial charge in [-0.05, 0) is 37.9 Å². The van der Waals surface area contributed by atoms with Gasteiger partial charge in [-0.25, -0.2) is 8.78 Å². The fraction of sp³-hybridized carbons (Fsp3) is 0.600. The van der Waals surface area contributed by atoms with E-state index in [1.54, 1.807) is 0 Å². The average Bonchev–Trinajstić information content (AvgIpc) is 2.43. The first-order valence-corrected chi connectivity index (χ1v) is 6.96. The van der Waals surface area contributed by atoms with Crippen LogP contribution >= 0.6 is 0 Å². The molecule has 2 rings (SSSR count). The number of benzene rings is 1. The van der Waals surface area contributed by atoms with Gasteiger partial charge in [0, 0.05) is 12.1 Å². The molecule has 1 aliphatic rings. The van der Waals surface area contributed by atoms with Gasteiger partial charge < -0.3 is 10.1 Å². The molecule has 0 aliphatic heterocycles. The minimum atomic E-state index is -0.640. The lowest BCUT2D eigenvalue weighted by Gasteiger charge is -2.29. The maximum atomic E-state index is 13.5. The van der Waals surface area contributed by atoms with Gasteiger partial charge in [-0.1, -0.05) is 19.3 Å². The van der Waals surface area contributed by atoms with Gasteiger partial charge >= 0.3 is 0 Å². The third kappa shape index (κ3) is 3.90. The lowest BCUT2D eigenvalue weighted by molar-refractivity contribution is 0.188. The first kappa shape index (κ1) is 14.3. The number of halogens is 2. The Morgan fingerprint density at radius 3 is 2.63 bits per heavy atom. The maximum Gasteiger partial charge on any atom is 0.167 e. The monoisotopic (exact) mass is 269 g/mol. The highest BCUT2D eigenvalue weighted by Gasteiger charge is 2.23. The predicted octanol–water partition coefficient (Wildman–Crippen LogP) is 3.51. The van der Waals surface area contributed by atoms with Crippen molar-refractivity contribution in [2.24, 2.45) is 5.92 Å². The highest BCUT2D eigenvalue weighted by atomic mass is 19.1. The Bertz CT molecular complexity index is 405. The lowest BCUT2D eigenvalue weighted by Crippen LogP contribution is -2.39. The molecule has 1 atom stereocenters. The van der Waals surface area contributed by atoms with E-state index < -0.39 is 11.6 Å². The lowest BCUT2D eigenvalue weighted by atomic mass is 9.84. The Kier molecular flexibility index (Phi) is 5.14. The molecule has 1 unspecified atom stereocenters. The number of likely N-dealkylation sites (N-methyl/N-ethyl adjacent to an activating group) is 1. The van der Waals surface area contributed by atoms with Crippen molar-refractivity contribution in [3.63, 3.8) is 0 Å². The molecule has 106 valence electrons. The van der Waals surface area contributed by atoms with E-state index in [4.69, 9.17) is 4.74 Å². The van der Waals surface area contributed by atoms with Gasteiger partial charge in [-0.3, -0.25) is 0 Å². The molecule has 1 aromatic carbocycles. The summed E-state index contributed by atoms with van der Waals surface area (Å²) in [6.07, 6.45) is 6.21. The van der Waals surface area contributed by atoms with Crippen molar-refractivity contribution in [1.82, 2.24) is 5.32 Å². The number of rotatable bonds is 5. The van der Waals surface area contributed by atoms with Crippen molar-refractivity contribution in [3.05, 3.63) is 29.8 Å². The zero-order chi connectivity index (χ0) is 13.7. The van der Waals surface area contributed by atoms with Gasteiger partial charge in [0.05, 0.1) is 0 Å². The molecule has 4 heteroatoms. The van der Waals surface area contributed by atoms with Crippen LogP contribution in [0.2, 0.25) is 0 Å². The molecule has 0 bridgehead atoms. The van der Waals surface area contributed by atoms with Crippen LogP contribution < -0.4 is 10.1 Å². The summed E-state index contributed by atoms with van der Waals surface area (Å²) in [4.78, 5) is 0. The minimum absolute atomic E-state index is 0.123. The molecule has 1 aromatic rings. The van der Waals surface area contributed by atoms with Gasteiger partial charge in [0.25, 0.3) is 0 Å². The molecule has 0 aromatic heterocycles. The molecule has 2 nitrogen and oxygen atoms in total. The summed E-state index contributed by atoms with van der Waals surface area (Å²) in [6.45, 7) is 0.420. The number of ether oxygens (including phenoxy) is 1. The van der Waals surface area contributed by atoms with Crippen LogP contribution in [-0.4, -0.2) is 19.7 Å². The first-order valence-electron chi connectivity index (χ1n) is 6.96. The van der Waals surface area contributed by atoms with E-state index in [1.165, 1.54) is 44.2 Å². The molecule has 1 aliphatic carbocycles. The van der Waals surface area contributed by atoms with Crippen molar-refractivity contribution in [2.75, 3.05) is 13.7 Å². The van der Waals surface area contributed by atoms with Crippen LogP contribution in [0.15, 0.2) is 18.2 Å². The molecule has 1 N–H and O–H groups in total. The maximum absolute atomic E-state index is 13.5. The second-order valence-corrected chi connectivity index (χ2v) is 5.18. The quantitative estimate of drug-likeness (QED) is 0.883. The summed E-state index contributed by atoms with van der Waals surface area (Å²) in [7, 11) is 1.91. The Hall–Kier alpha value is -1.16. The van der Waals surface area contributed by atoms with Gasteiger partial charge in [0.2, 0.25) is 0 Å². The number of hydrogen-bond acceptors (Lipinski definition) is 2. The second kappa shape index (κ2) is 6.85. The van der Waals surface area contributed by atoms with Crippen LogP contribution in [-0.2, 0) is 0 Å². The molecule has 1 fully saturated rings. The smallest absolute Gasteiger partial charge is 0.167 e. The molecule has 1 saturated carbocycles.